The van der Waals surface area contributed by atoms with E-state index in [2.05, 4.69) is 20.8 Å². The van der Waals surface area contributed by atoms with Crippen LogP contribution in [-0.2, 0) is 66.4 Å². The number of hydrogen-bond donors (Lipinski definition) is 16. The van der Waals surface area contributed by atoms with Crippen LogP contribution >= 0.6 is 0 Å². The highest BCUT2D eigenvalue weighted by atomic mass is 28.5. The molecular weight excluding hydrogens is 1800 g/mol. The third kappa shape index (κ3) is 48.8. The summed E-state index contributed by atoms with van der Waals surface area (Å²) >= 11 is 0. The van der Waals surface area contributed by atoms with E-state index >= 15 is 0 Å². The summed E-state index contributed by atoms with van der Waals surface area (Å²) < 4.78 is 85.9. The minimum absolute atomic E-state index is 0.0158. The lowest BCUT2D eigenvalue weighted by Gasteiger charge is -2.37. The number of hydrogen-bond acceptors (Lipinski definition) is 31. The molecule has 0 aromatic heterocycles. The molecule has 126 heavy (non-hydrogen) atoms. The Balaban J connectivity index is 0.000000788. The van der Waals surface area contributed by atoms with Gasteiger partial charge in [-0.2, -0.15) is 0 Å². The first-order chi connectivity index (χ1) is 59.0. The molecule has 5 rings (SSSR count). The van der Waals surface area contributed by atoms with E-state index in [9.17, 15) is 74.7 Å². The second kappa shape index (κ2) is 62.6. The van der Waals surface area contributed by atoms with E-state index in [0.29, 0.717) is 93.8 Å². The molecule has 0 saturated carbocycles. The summed E-state index contributed by atoms with van der Waals surface area (Å²) in [5.74, 6) is 0.384. The SMILES string of the molecule is CCC[Si](CCCOCC(O)C(C)O)(OC)O[Si](C)(O)c1ccccc1.CC[Si](CCCOCC(O)C(C)O)(OC)O[Si](C)(O)c1ccccc1.CO[Si](C)(CCCOCC(O)C(C)O)O[Si](C)(O)c1ccccc1.CO[Si](CCCOCC(O)C(C)O)(CC(C)C)O[Si](C)(O)c1ccccc1.CO[Si](O)(CCCOCC(O)C(C)O)O[Si](C)(O)c1ccccc1. The predicted molar refractivity (Wildman–Crippen MR) is 512 cm³/mol. The van der Waals surface area contributed by atoms with Crippen LogP contribution in [0.4, 0.5) is 0 Å². The molecule has 0 aliphatic heterocycles. The summed E-state index contributed by atoms with van der Waals surface area (Å²) in [7, 11) is -21.3. The molecule has 5 aromatic rings. The Morgan fingerprint density at radius 2 is 0.508 bits per heavy atom. The Morgan fingerprint density at radius 3 is 0.754 bits per heavy atom. The summed E-state index contributed by atoms with van der Waals surface area (Å²) in [6.45, 7) is 29.0. The lowest BCUT2D eigenvalue weighted by atomic mass is 10.2. The third-order valence-corrected chi connectivity index (χ3v) is 56.2. The molecule has 0 spiro atoms. The van der Waals surface area contributed by atoms with Crippen molar-refractivity contribution < 1.29 is 146 Å². The van der Waals surface area contributed by atoms with Gasteiger partial charge in [-0.3, -0.25) is 0 Å². The molecule has 5 aromatic carbocycles. The summed E-state index contributed by atoms with van der Waals surface area (Å²) in [6.07, 6.45) is -4.35. The quantitative estimate of drug-likeness (QED) is 0.0174. The van der Waals surface area contributed by atoms with Crippen molar-refractivity contribution in [2.75, 3.05) is 102 Å². The largest absolute Gasteiger partial charge is 0.489 e. The van der Waals surface area contributed by atoms with Crippen molar-refractivity contribution in [3.63, 3.8) is 0 Å². The van der Waals surface area contributed by atoms with Gasteiger partial charge in [0.2, 0.25) is 0 Å². The zero-order chi connectivity index (χ0) is 95.5. The summed E-state index contributed by atoms with van der Waals surface area (Å²) in [5, 5.41) is 97.6. The van der Waals surface area contributed by atoms with Crippen molar-refractivity contribution in [1.82, 2.24) is 0 Å². The molecular formula is C85H160O31Si10. The summed E-state index contributed by atoms with van der Waals surface area (Å²) in [5.41, 5.74) is 0. The zero-order valence-electron chi connectivity index (χ0n) is 78.5. The van der Waals surface area contributed by atoms with E-state index in [1.165, 1.54) is 41.7 Å². The fourth-order valence-corrected chi connectivity index (χ4v) is 46.6. The van der Waals surface area contributed by atoms with Gasteiger partial charge in [0.05, 0.1) is 63.6 Å². The zero-order valence-corrected chi connectivity index (χ0v) is 88.5. The summed E-state index contributed by atoms with van der Waals surface area (Å²) in [6, 6.07) is 52.2. The van der Waals surface area contributed by atoms with E-state index in [1.807, 2.05) is 141 Å². The van der Waals surface area contributed by atoms with Crippen LogP contribution in [0.15, 0.2) is 152 Å². The maximum Gasteiger partial charge on any atom is 0.489 e. The number of ether oxygens (including phenoxy) is 5. The van der Waals surface area contributed by atoms with Crippen LogP contribution in [0.3, 0.4) is 0 Å². The normalized spacial score (nSPS) is 19.0. The van der Waals surface area contributed by atoms with Crippen LogP contribution in [-0.4, -0.2) is 328 Å². The summed E-state index contributed by atoms with van der Waals surface area (Å²) in [4.78, 5) is 64.9. The van der Waals surface area contributed by atoms with Crippen LogP contribution < -0.4 is 25.9 Å². The van der Waals surface area contributed by atoms with E-state index in [0.717, 1.165) is 45.3 Å². The fourth-order valence-electron chi connectivity index (χ4n) is 12.7. The topological polar surface area (TPSA) is 462 Å². The highest BCUT2D eigenvalue weighted by Gasteiger charge is 2.49. The smallest absolute Gasteiger partial charge is 0.411 e. The maximum atomic E-state index is 11.1. The van der Waals surface area contributed by atoms with Gasteiger partial charge in [0.25, 0.3) is 0 Å². The van der Waals surface area contributed by atoms with E-state index in [1.54, 1.807) is 85.4 Å². The van der Waals surface area contributed by atoms with Crippen molar-refractivity contribution in [2.45, 2.75) is 250 Å². The van der Waals surface area contributed by atoms with Crippen LogP contribution in [0.5, 0.6) is 0 Å². The van der Waals surface area contributed by atoms with Gasteiger partial charge in [0, 0.05) is 74.6 Å². The molecule has 0 fully saturated rings. The molecule has 0 heterocycles. The van der Waals surface area contributed by atoms with Crippen LogP contribution in [0, 0.1) is 5.92 Å². The molecule has 0 aliphatic rings. The van der Waals surface area contributed by atoms with E-state index in [-0.39, 0.29) is 45.7 Å². The molecule has 16 N–H and O–H groups in total. The number of aliphatic hydroxyl groups is 10. The standard InChI is InChI=1S/C19H36O6Si2.C18H34O6Si2.C17H32O6Si2.C16H30O6Si2.C15H28O7Si2/c1-16(2)15-27(23-4,13-9-12-24-14-19(21)17(3)20)25-26(5,22)18-10-7-6-8-11-18;1-5-13-26(22-3,14-9-12-23-15-18(20)16(2)19)24-25(4,21)17-10-7-6-8-11-17;1-5-25(21-3,13-9-12-22-14-17(19)15(2)18)23-24(4,20)16-10-7-6-8-11-16;1-14(17)16(18)13-21-11-8-12-23(3,20-2)22-24(4,19)15-9-6-5-7-10-15;1-13(16)15(17)12-21-10-7-11-24(19,20-2)22-23(3,18)14-8-5-4-6-9-14/h6-8,10-11,16-17,19-22H,9,12-15H2,1-5H3;6-8,10-11,16,18-21H,5,9,12-15H2,1-4H3;6-8,10-11,15,17-20H,5,9,12-14H2,1-4H3;5-7,9-10,14,16-19H,8,11-13H2,1-4H3;4-6,8-9,13,15-19H,7,10-12H2,1-3H3. The Labute approximate surface area is 762 Å². The molecule has 0 radical (unpaired) electrons. The molecule has 41 heteroatoms. The highest BCUT2D eigenvalue weighted by Crippen LogP contribution is 2.31. The number of aliphatic hydroxyl groups excluding tert-OH is 10. The predicted octanol–water partition coefficient (Wildman–Crippen LogP) is 5.26. The van der Waals surface area contributed by atoms with Gasteiger partial charge in [-0.15, -0.1) is 0 Å². The molecule has 0 saturated heterocycles. The van der Waals surface area contributed by atoms with Crippen LogP contribution in [0.25, 0.3) is 0 Å². The van der Waals surface area contributed by atoms with E-state index < -0.39 is 147 Å². The van der Waals surface area contributed by atoms with Gasteiger partial charge in [-0.25, -0.2) is 0 Å². The van der Waals surface area contributed by atoms with Crippen molar-refractivity contribution in [2.24, 2.45) is 5.92 Å². The minimum atomic E-state index is -3.52. The Morgan fingerprint density at radius 1 is 0.270 bits per heavy atom. The van der Waals surface area contributed by atoms with Crippen LogP contribution in [0.1, 0.15) is 101 Å². The molecule has 0 bridgehead atoms. The van der Waals surface area contributed by atoms with Crippen molar-refractivity contribution in [3.8, 4) is 0 Å². The van der Waals surface area contributed by atoms with E-state index in [4.69, 9.17) is 71.5 Å². The fraction of sp³-hybridized carbons (Fsp3) is 0.647. The first kappa shape index (κ1) is 121. The average molecular weight is 1960 g/mol. The van der Waals surface area contributed by atoms with Crippen LogP contribution in [0.2, 0.25) is 87.6 Å². The molecule has 31 nitrogen and oxygen atoms in total. The van der Waals surface area contributed by atoms with Gasteiger partial charge in [-0.05, 0) is 180 Å². The van der Waals surface area contributed by atoms with Crippen molar-refractivity contribution in [3.05, 3.63) is 152 Å². The Bertz CT molecular complexity index is 3410. The first-order valence-corrected chi connectivity index (χ1v) is 66.6. The van der Waals surface area contributed by atoms with Gasteiger partial charge in [0.15, 0.2) is 0 Å². The average Bonchev–Trinajstić information content (AvgIpc) is 0.826. The molecule has 0 amide bonds. The Kier molecular flexibility index (Phi) is 60.1. The third-order valence-electron chi connectivity index (χ3n) is 20.7. The Hall–Kier alpha value is -2.97. The number of benzene rings is 5. The van der Waals surface area contributed by atoms with Gasteiger partial charge in [0.1, 0.15) is 30.5 Å². The lowest BCUT2D eigenvalue weighted by Crippen LogP contribution is -2.58. The molecule has 726 valence electrons. The molecule has 0 aliphatic carbocycles. The van der Waals surface area contributed by atoms with Gasteiger partial charge in [-0.1, -0.05) is 186 Å². The number of rotatable bonds is 60. The minimum Gasteiger partial charge on any atom is -0.411 e. The van der Waals surface area contributed by atoms with Crippen molar-refractivity contribution in [1.29, 1.82) is 0 Å². The van der Waals surface area contributed by atoms with Gasteiger partial charge < -0.3 is 146 Å². The maximum absolute atomic E-state index is 11.1. The second-order valence-electron chi connectivity index (χ2n) is 33.0. The van der Waals surface area contributed by atoms with Gasteiger partial charge >= 0.3 is 85.9 Å². The molecule has 20 unspecified atom stereocenters. The highest BCUT2D eigenvalue weighted by molar-refractivity contribution is 6.90. The molecule has 20 atom stereocenters. The second-order valence-corrected chi connectivity index (χ2v) is 65.1. The monoisotopic (exact) mass is 1960 g/mol. The lowest BCUT2D eigenvalue weighted by molar-refractivity contribution is -0.0305. The first-order valence-electron chi connectivity index (χ1n) is 43.6. The van der Waals surface area contributed by atoms with Crippen molar-refractivity contribution >= 4 is 112 Å².